The first-order valence-electron chi connectivity index (χ1n) is 11.0. The topological polar surface area (TPSA) is 101 Å². The van der Waals surface area contributed by atoms with Crippen molar-refractivity contribution in [3.63, 3.8) is 0 Å². The van der Waals surface area contributed by atoms with Crippen molar-refractivity contribution in [2.24, 2.45) is 12.1 Å². The van der Waals surface area contributed by atoms with Gasteiger partial charge in [0.25, 0.3) is 5.56 Å². The minimum atomic E-state index is -0.303. The fourth-order valence-electron chi connectivity index (χ4n) is 4.33. The lowest BCUT2D eigenvalue weighted by molar-refractivity contribution is 0.184. The van der Waals surface area contributed by atoms with E-state index >= 15 is 0 Å². The standard InChI is InChI=1S/C25H29N5O4/c1-14-10-18-12-20(33-5)21(34-6)13-19(18)23(27-30(14)25(32)26-3)17-9-7-8-16(11-17)22-15(2)29(4)28-24(22)31/h7-9,11-14H,10H2,1-6H3,(H,26,32)(H,28,31). The van der Waals surface area contributed by atoms with Crippen LogP contribution in [0, 0.1) is 6.92 Å². The Hall–Kier alpha value is -4.01. The van der Waals surface area contributed by atoms with Crippen molar-refractivity contribution in [1.29, 1.82) is 0 Å². The van der Waals surface area contributed by atoms with Gasteiger partial charge in [-0.3, -0.25) is 14.6 Å². The number of rotatable bonds is 4. The first kappa shape index (κ1) is 23.2. The molecule has 9 heteroatoms. The molecule has 2 amide bonds. The number of H-pyrrole nitrogens is 1. The normalized spacial score (nSPS) is 15.3. The molecule has 0 spiro atoms. The van der Waals surface area contributed by atoms with E-state index in [4.69, 9.17) is 14.6 Å². The highest BCUT2D eigenvalue weighted by Crippen LogP contribution is 2.35. The number of hydrazone groups is 1. The van der Waals surface area contributed by atoms with E-state index in [1.165, 1.54) is 5.01 Å². The molecule has 0 fully saturated rings. The molecule has 0 bridgehead atoms. The summed E-state index contributed by atoms with van der Waals surface area (Å²) < 4.78 is 12.8. The Labute approximate surface area is 198 Å². The number of carbonyl (C=O) groups is 1. The van der Waals surface area contributed by atoms with Crippen molar-refractivity contribution < 1.29 is 14.3 Å². The Balaban J connectivity index is 1.96. The zero-order valence-electron chi connectivity index (χ0n) is 20.2. The van der Waals surface area contributed by atoms with Crippen LogP contribution in [0.15, 0.2) is 46.3 Å². The van der Waals surface area contributed by atoms with E-state index < -0.39 is 0 Å². The molecule has 1 aliphatic heterocycles. The molecule has 1 atom stereocenters. The van der Waals surface area contributed by atoms with Crippen LogP contribution >= 0.6 is 0 Å². The smallest absolute Gasteiger partial charge is 0.337 e. The second-order valence-corrected chi connectivity index (χ2v) is 8.31. The van der Waals surface area contributed by atoms with E-state index in [0.717, 1.165) is 27.9 Å². The molecule has 0 aliphatic carbocycles. The minimum absolute atomic E-state index is 0.160. The quantitative estimate of drug-likeness (QED) is 0.621. The minimum Gasteiger partial charge on any atom is -0.493 e. The third-order valence-corrected chi connectivity index (χ3v) is 6.21. The molecule has 1 aromatic heterocycles. The second kappa shape index (κ2) is 9.09. The molecule has 4 rings (SSSR count). The first-order chi connectivity index (χ1) is 16.3. The molecule has 1 aliphatic rings. The van der Waals surface area contributed by atoms with E-state index in [1.807, 2.05) is 50.2 Å². The maximum atomic E-state index is 12.7. The van der Waals surface area contributed by atoms with Gasteiger partial charge in [-0.2, -0.15) is 5.10 Å². The molecule has 34 heavy (non-hydrogen) atoms. The van der Waals surface area contributed by atoms with Crippen molar-refractivity contribution in [2.75, 3.05) is 21.3 Å². The molecule has 2 heterocycles. The van der Waals surface area contributed by atoms with Gasteiger partial charge in [0.1, 0.15) is 0 Å². The Bertz CT molecular complexity index is 1340. The van der Waals surface area contributed by atoms with E-state index in [2.05, 4.69) is 10.4 Å². The van der Waals surface area contributed by atoms with Gasteiger partial charge in [0, 0.05) is 30.9 Å². The summed E-state index contributed by atoms with van der Waals surface area (Å²) in [6.07, 6.45) is 0.577. The number of aromatic amines is 1. The van der Waals surface area contributed by atoms with Gasteiger partial charge in [-0.15, -0.1) is 0 Å². The fourth-order valence-corrected chi connectivity index (χ4v) is 4.33. The highest BCUT2D eigenvalue weighted by molar-refractivity contribution is 6.15. The van der Waals surface area contributed by atoms with Crippen LogP contribution in [0.3, 0.4) is 0 Å². The van der Waals surface area contributed by atoms with Crippen LogP contribution in [-0.2, 0) is 13.5 Å². The number of carbonyl (C=O) groups excluding carboxylic acids is 1. The van der Waals surface area contributed by atoms with Crippen molar-refractivity contribution in [3.05, 3.63) is 69.1 Å². The zero-order valence-corrected chi connectivity index (χ0v) is 20.2. The third-order valence-electron chi connectivity index (χ3n) is 6.21. The molecule has 0 saturated carbocycles. The summed E-state index contributed by atoms with van der Waals surface area (Å²) in [5.74, 6) is 1.18. The lowest BCUT2D eigenvalue weighted by atomic mass is 9.92. The Kier molecular flexibility index (Phi) is 6.19. The molecular weight excluding hydrogens is 434 g/mol. The molecule has 9 nitrogen and oxygen atoms in total. The summed E-state index contributed by atoms with van der Waals surface area (Å²) in [5.41, 5.74) is 5.24. The van der Waals surface area contributed by atoms with E-state index in [-0.39, 0.29) is 17.6 Å². The van der Waals surface area contributed by atoms with Crippen LogP contribution < -0.4 is 20.3 Å². The summed E-state index contributed by atoms with van der Waals surface area (Å²) in [7, 11) is 6.57. The van der Waals surface area contributed by atoms with Crippen LogP contribution in [0.1, 0.15) is 29.3 Å². The monoisotopic (exact) mass is 463 g/mol. The summed E-state index contributed by atoms with van der Waals surface area (Å²) in [4.78, 5) is 25.3. The average Bonchev–Trinajstić information content (AvgIpc) is 3.00. The molecule has 1 unspecified atom stereocenters. The molecule has 2 aromatic carbocycles. The van der Waals surface area contributed by atoms with Crippen molar-refractivity contribution >= 4 is 11.7 Å². The van der Waals surface area contributed by atoms with Gasteiger partial charge in [0.05, 0.1) is 31.5 Å². The molecule has 2 N–H and O–H groups in total. The number of aryl methyl sites for hydroxylation is 1. The van der Waals surface area contributed by atoms with Crippen LogP contribution in [-0.4, -0.2) is 53.8 Å². The molecular formula is C25H29N5O4. The van der Waals surface area contributed by atoms with Crippen molar-refractivity contribution in [3.8, 4) is 22.6 Å². The average molecular weight is 464 g/mol. The predicted octanol–water partition coefficient (Wildman–Crippen LogP) is 3.04. The lowest BCUT2D eigenvalue weighted by Crippen LogP contribution is -2.41. The number of hydrogen-bond donors (Lipinski definition) is 2. The van der Waals surface area contributed by atoms with Gasteiger partial charge < -0.3 is 14.8 Å². The summed E-state index contributed by atoms with van der Waals surface area (Å²) >= 11 is 0. The maximum Gasteiger partial charge on any atom is 0.337 e. The van der Waals surface area contributed by atoms with E-state index in [9.17, 15) is 9.59 Å². The van der Waals surface area contributed by atoms with Crippen LogP contribution in [0.5, 0.6) is 11.5 Å². The maximum absolute atomic E-state index is 12.7. The van der Waals surface area contributed by atoms with E-state index in [0.29, 0.717) is 29.2 Å². The largest absolute Gasteiger partial charge is 0.493 e. The Morgan fingerprint density at radius 1 is 1.15 bits per heavy atom. The van der Waals surface area contributed by atoms with Gasteiger partial charge in [-0.05, 0) is 49.6 Å². The molecule has 178 valence electrons. The number of amides is 2. The molecule has 3 aromatic rings. The Morgan fingerprint density at radius 2 is 1.82 bits per heavy atom. The zero-order chi connectivity index (χ0) is 24.6. The third kappa shape index (κ3) is 3.93. The highest BCUT2D eigenvalue weighted by atomic mass is 16.5. The number of ether oxygens (including phenoxy) is 2. The molecule has 0 saturated heterocycles. The van der Waals surface area contributed by atoms with Gasteiger partial charge in [0.15, 0.2) is 11.5 Å². The van der Waals surface area contributed by atoms with Gasteiger partial charge >= 0.3 is 6.03 Å². The number of nitrogens with one attached hydrogen (secondary N) is 2. The predicted molar refractivity (Wildman–Crippen MR) is 131 cm³/mol. The SMILES string of the molecule is CNC(=O)N1N=C(c2cccc(-c3c(C)n(C)[nH]c3=O)c2)c2cc(OC)c(OC)cc2CC1C. The number of hydrogen-bond acceptors (Lipinski definition) is 5. The number of methoxy groups -OCH3 is 2. The van der Waals surface area contributed by atoms with E-state index in [1.54, 1.807) is 33.0 Å². The van der Waals surface area contributed by atoms with Crippen LogP contribution in [0.25, 0.3) is 11.1 Å². The first-order valence-corrected chi connectivity index (χ1v) is 11.0. The van der Waals surface area contributed by atoms with Gasteiger partial charge in [0.2, 0.25) is 0 Å². The van der Waals surface area contributed by atoms with Crippen LogP contribution in [0.4, 0.5) is 4.79 Å². The summed E-state index contributed by atoms with van der Waals surface area (Å²) in [5, 5.41) is 11.7. The lowest BCUT2D eigenvalue weighted by Gasteiger charge is -2.22. The number of urea groups is 1. The van der Waals surface area contributed by atoms with Crippen LogP contribution in [0.2, 0.25) is 0 Å². The second-order valence-electron chi connectivity index (χ2n) is 8.31. The number of aromatic nitrogens is 2. The van der Waals surface area contributed by atoms with Crippen molar-refractivity contribution in [1.82, 2.24) is 20.1 Å². The summed E-state index contributed by atoms with van der Waals surface area (Å²) in [6, 6.07) is 11.0. The van der Waals surface area contributed by atoms with Gasteiger partial charge in [-0.1, -0.05) is 18.2 Å². The Morgan fingerprint density at radius 3 is 2.44 bits per heavy atom. The molecule has 0 radical (unpaired) electrons. The van der Waals surface area contributed by atoms with Crippen molar-refractivity contribution in [2.45, 2.75) is 26.3 Å². The highest BCUT2D eigenvalue weighted by Gasteiger charge is 2.28. The number of fused-ring (bicyclic) bond motifs is 1. The summed E-state index contributed by atoms with van der Waals surface area (Å²) in [6.45, 7) is 3.84. The number of nitrogens with zero attached hydrogens (tertiary/aromatic N) is 3. The number of benzene rings is 2. The fraction of sp³-hybridized carbons (Fsp3) is 0.320. The van der Waals surface area contributed by atoms with Gasteiger partial charge in [-0.25, -0.2) is 9.80 Å².